The summed E-state index contributed by atoms with van der Waals surface area (Å²) >= 11 is 0. The van der Waals surface area contributed by atoms with Gasteiger partial charge in [-0.05, 0) is 48.9 Å². The number of benzene rings is 2. The highest BCUT2D eigenvalue weighted by molar-refractivity contribution is 5.95. The monoisotopic (exact) mass is 397 g/mol. The maximum absolute atomic E-state index is 13.5. The Hall–Kier alpha value is -3.32. The van der Waals surface area contributed by atoms with Crippen molar-refractivity contribution in [2.24, 2.45) is 5.84 Å². The number of carbonyl (C=O) groups is 1. The highest BCUT2D eigenvalue weighted by Gasteiger charge is 2.24. The predicted octanol–water partition coefficient (Wildman–Crippen LogP) is 4.35. The smallest absolute Gasteiger partial charge is 0.270 e. The van der Waals surface area contributed by atoms with E-state index in [1.165, 1.54) is 18.2 Å². The van der Waals surface area contributed by atoms with Gasteiger partial charge < -0.3 is 4.74 Å². The van der Waals surface area contributed by atoms with Gasteiger partial charge >= 0.3 is 0 Å². The van der Waals surface area contributed by atoms with Gasteiger partial charge in [-0.3, -0.25) is 10.2 Å². The molecule has 3 aromatic rings. The first-order valence-corrected chi connectivity index (χ1v) is 8.97. The Morgan fingerprint density at radius 2 is 1.90 bits per heavy atom. The Bertz CT molecular complexity index is 1030. The number of nitrogens with one attached hydrogen (secondary N) is 1. The van der Waals surface area contributed by atoms with Crippen LogP contribution in [0.15, 0.2) is 60.7 Å². The number of amides is 1. The first-order chi connectivity index (χ1) is 13.8. The highest BCUT2D eigenvalue weighted by Crippen LogP contribution is 2.29. The summed E-state index contributed by atoms with van der Waals surface area (Å²) in [7, 11) is 0. The van der Waals surface area contributed by atoms with Gasteiger partial charge in [0.1, 0.15) is 12.4 Å². The summed E-state index contributed by atoms with van der Waals surface area (Å²) in [6.07, 6.45) is 0. The number of pyridine rings is 1. The molecule has 5 nitrogen and oxygen atoms in total. The summed E-state index contributed by atoms with van der Waals surface area (Å²) in [5.74, 6) is 2.25. The van der Waals surface area contributed by atoms with Gasteiger partial charge in [-0.2, -0.15) is 0 Å². The average molecular weight is 397 g/mol. The van der Waals surface area contributed by atoms with Crippen molar-refractivity contribution in [1.29, 1.82) is 0 Å². The van der Waals surface area contributed by atoms with Gasteiger partial charge in [0.05, 0.1) is 11.4 Å². The molecule has 7 heteroatoms. The van der Waals surface area contributed by atoms with Gasteiger partial charge in [-0.1, -0.05) is 24.3 Å². The van der Waals surface area contributed by atoms with Gasteiger partial charge in [0.25, 0.3) is 11.8 Å². The predicted molar refractivity (Wildman–Crippen MR) is 106 cm³/mol. The number of nitrogen functional groups attached to an aromatic ring is 1. The Balaban J connectivity index is 1.77. The third kappa shape index (κ3) is 4.94. The third-order valence-electron chi connectivity index (χ3n) is 4.43. The molecular weight excluding hydrogens is 376 g/mol. The number of nitrogens with zero attached hydrogens (tertiary/aromatic N) is 1. The molecule has 1 aromatic heterocycles. The lowest BCUT2D eigenvalue weighted by atomic mass is 10.0. The number of alkyl halides is 2. The fourth-order valence-corrected chi connectivity index (χ4v) is 2.89. The number of aryl methyl sites for hydroxylation is 1. The minimum absolute atomic E-state index is 0.103. The van der Waals surface area contributed by atoms with Crippen molar-refractivity contribution < 1.29 is 18.3 Å². The maximum Gasteiger partial charge on any atom is 0.270 e. The highest BCUT2D eigenvalue weighted by atomic mass is 19.3. The summed E-state index contributed by atoms with van der Waals surface area (Å²) in [6.45, 7) is 2.80. The van der Waals surface area contributed by atoms with E-state index in [4.69, 9.17) is 10.6 Å². The molecule has 0 saturated heterocycles. The number of rotatable bonds is 6. The number of halogens is 2. The lowest BCUT2D eigenvalue weighted by Crippen LogP contribution is -2.30. The molecule has 0 bridgehead atoms. The van der Waals surface area contributed by atoms with Crippen LogP contribution in [0.1, 0.15) is 34.1 Å². The van der Waals surface area contributed by atoms with E-state index in [-0.39, 0.29) is 18.1 Å². The zero-order chi connectivity index (χ0) is 21.0. The Kier molecular flexibility index (Phi) is 5.89. The second-order valence-corrected chi connectivity index (χ2v) is 6.72. The second-order valence-electron chi connectivity index (χ2n) is 6.72. The largest absolute Gasteiger partial charge is 0.487 e. The minimum atomic E-state index is -2.93. The SMILES string of the molecule is Cc1cc(-c2cccc(COc3cccc(C(C)(F)F)c3)n2)ccc1C(=O)NN. The quantitative estimate of drug-likeness (QED) is 0.368. The fourth-order valence-electron chi connectivity index (χ4n) is 2.89. The normalized spacial score (nSPS) is 11.2. The van der Waals surface area contributed by atoms with E-state index < -0.39 is 5.92 Å². The molecule has 0 fully saturated rings. The molecule has 1 heterocycles. The van der Waals surface area contributed by atoms with Crippen molar-refractivity contribution >= 4 is 5.91 Å². The number of ether oxygens (including phenoxy) is 1. The van der Waals surface area contributed by atoms with Crippen LogP contribution in [0.25, 0.3) is 11.3 Å². The molecule has 0 saturated carbocycles. The van der Waals surface area contributed by atoms with Crippen LogP contribution in [0.2, 0.25) is 0 Å². The van der Waals surface area contributed by atoms with Crippen molar-refractivity contribution in [1.82, 2.24) is 10.4 Å². The van der Waals surface area contributed by atoms with Gasteiger partial charge in [0.2, 0.25) is 0 Å². The molecule has 0 radical (unpaired) electrons. The van der Waals surface area contributed by atoms with Crippen molar-refractivity contribution in [2.45, 2.75) is 26.4 Å². The molecule has 0 atom stereocenters. The Labute approximate surface area is 167 Å². The van der Waals surface area contributed by atoms with E-state index in [1.54, 1.807) is 24.3 Å². The van der Waals surface area contributed by atoms with Crippen molar-refractivity contribution in [3.8, 4) is 17.0 Å². The van der Waals surface area contributed by atoms with E-state index >= 15 is 0 Å². The summed E-state index contributed by atoms with van der Waals surface area (Å²) in [6, 6.07) is 16.7. The molecule has 0 aliphatic heterocycles. The molecule has 1 amide bonds. The maximum atomic E-state index is 13.5. The molecule has 150 valence electrons. The number of hydrogen-bond donors (Lipinski definition) is 2. The van der Waals surface area contributed by atoms with Crippen LogP contribution in [-0.2, 0) is 12.5 Å². The summed E-state index contributed by atoms with van der Waals surface area (Å²) in [5, 5.41) is 0. The Morgan fingerprint density at radius 1 is 1.14 bits per heavy atom. The van der Waals surface area contributed by atoms with E-state index in [2.05, 4.69) is 10.4 Å². The van der Waals surface area contributed by atoms with Crippen LogP contribution < -0.4 is 16.0 Å². The van der Waals surface area contributed by atoms with Crippen LogP contribution in [0, 0.1) is 6.92 Å². The van der Waals surface area contributed by atoms with Crippen LogP contribution in [0.5, 0.6) is 5.75 Å². The molecular formula is C22H21F2N3O2. The van der Waals surface area contributed by atoms with Crippen LogP contribution in [0.3, 0.4) is 0 Å². The zero-order valence-electron chi connectivity index (χ0n) is 16.1. The first-order valence-electron chi connectivity index (χ1n) is 8.97. The van der Waals surface area contributed by atoms with E-state index in [9.17, 15) is 13.6 Å². The molecule has 3 N–H and O–H groups in total. The molecule has 0 spiro atoms. The number of hydrogen-bond acceptors (Lipinski definition) is 4. The standard InChI is InChI=1S/C22H21F2N3O2/c1-14-11-15(9-10-19(14)21(28)27-25)20-8-4-6-17(26-20)13-29-18-7-3-5-16(12-18)22(2,23)24/h3-12H,13,25H2,1-2H3,(H,27,28). The molecule has 0 aliphatic carbocycles. The van der Waals surface area contributed by atoms with Crippen LogP contribution in [-0.4, -0.2) is 10.9 Å². The van der Waals surface area contributed by atoms with Crippen molar-refractivity contribution in [2.75, 3.05) is 0 Å². The van der Waals surface area contributed by atoms with Crippen molar-refractivity contribution in [3.05, 3.63) is 83.0 Å². The van der Waals surface area contributed by atoms with Gasteiger partial charge in [0.15, 0.2) is 0 Å². The van der Waals surface area contributed by atoms with Crippen LogP contribution in [0.4, 0.5) is 8.78 Å². The molecule has 2 aromatic carbocycles. The summed E-state index contributed by atoms with van der Waals surface area (Å²) in [4.78, 5) is 16.3. The van der Waals surface area contributed by atoms with Crippen molar-refractivity contribution in [3.63, 3.8) is 0 Å². The molecule has 29 heavy (non-hydrogen) atoms. The molecule has 0 unspecified atom stereocenters. The zero-order valence-corrected chi connectivity index (χ0v) is 16.1. The topological polar surface area (TPSA) is 77.2 Å². The first kappa shape index (κ1) is 20.4. The van der Waals surface area contributed by atoms with Crippen LogP contribution >= 0.6 is 0 Å². The number of carbonyl (C=O) groups excluding carboxylic acids is 1. The summed E-state index contributed by atoms with van der Waals surface area (Å²) in [5.41, 5.74) is 5.47. The third-order valence-corrected chi connectivity index (χ3v) is 4.43. The average Bonchev–Trinajstić information content (AvgIpc) is 2.71. The molecule has 0 aliphatic rings. The van der Waals surface area contributed by atoms with E-state index in [0.29, 0.717) is 22.7 Å². The van der Waals surface area contributed by atoms with E-state index in [0.717, 1.165) is 18.1 Å². The van der Waals surface area contributed by atoms with Gasteiger partial charge in [-0.25, -0.2) is 19.6 Å². The van der Waals surface area contributed by atoms with Gasteiger partial charge in [-0.15, -0.1) is 0 Å². The lowest BCUT2D eigenvalue weighted by molar-refractivity contribution is 0.0172. The second kappa shape index (κ2) is 8.36. The number of aromatic nitrogens is 1. The van der Waals surface area contributed by atoms with Gasteiger partial charge in [0, 0.05) is 23.6 Å². The minimum Gasteiger partial charge on any atom is -0.487 e. The van der Waals surface area contributed by atoms with E-state index in [1.807, 2.05) is 25.1 Å². The lowest BCUT2D eigenvalue weighted by Gasteiger charge is -2.13. The molecule has 3 rings (SSSR count). The Morgan fingerprint density at radius 3 is 2.59 bits per heavy atom. The number of nitrogens with two attached hydrogens (primary N) is 1. The summed E-state index contributed by atoms with van der Waals surface area (Å²) < 4.78 is 32.6. The fraction of sp³-hybridized carbons (Fsp3) is 0.182. The number of hydrazine groups is 1.